The van der Waals surface area contributed by atoms with Crippen molar-refractivity contribution in [2.24, 2.45) is 5.92 Å². The minimum absolute atomic E-state index is 0.0183. The number of ether oxygens (including phenoxy) is 1. The van der Waals surface area contributed by atoms with Crippen LogP contribution in [0.2, 0.25) is 0 Å². The Bertz CT molecular complexity index is 864. The van der Waals surface area contributed by atoms with E-state index in [-0.39, 0.29) is 11.8 Å². The molecule has 0 radical (unpaired) electrons. The molecule has 1 atom stereocenters. The number of piperidine rings is 3. The van der Waals surface area contributed by atoms with Crippen LogP contribution in [0.25, 0.3) is 0 Å². The van der Waals surface area contributed by atoms with E-state index in [1.807, 2.05) is 0 Å². The summed E-state index contributed by atoms with van der Waals surface area (Å²) in [6.45, 7) is 3.28. The highest BCUT2D eigenvalue weighted by Crippen LogP contribution is 2.30. The van der Waals surface area contributed by atoms with E-state index >= 15 is 0 Å². The van der Waals surface area contributed by atoms with Gasteiger partial charge < -0.3 is 4.74 Å². The summed E-state index contributed by atoms with van der Waals surface area (Å²) in [5.41, 5.74) is 0.784. The fourth-order valence-electron chi connectivity index (χ4n) is 3.52. The van der Waals surface area contributed by atoms with Crippen LogP contribution in [0.1, 0.15) is 24.1 Å². The molecule has 26 heavy (non-hydrogen) atoms. The van der Waals surface area contributed by atoms with E-state index in [0.29, 0.717) is 23.1 Å². The number of rotatable bonds is 3. The number of benzene rings is 1. The van der Waals surface area contributed by atoms with Gasteiger partial charge in [-0.3, -0.25) is 15.0 Å². The lowest BCUT2D eigenvalue weighted by Crippen LogP contribution is -2.52. The van der Waals surface area contributed by atoms with Crippen molar-refractivity contribution in [2.45, 2.75) is 18.9 Å². The predicted molar refractivity (Wildman–Crippen MR) is 94.7 cm³/mol. The van der Waals surface area contributed by atoms with Gasteiger partial charge >= 0.3 is 0 Å². The Morgan fingerprint density at radius 3 is 2.58 bits per heavy atom. The van der Waals surface area contributed by atoms with E-state index in [4.69, 9.17) is 4.74 Å². The number of para-hydroxylation sites is 1. The number of fused-ring (bicyclic) bond motifs is 3. The zero-order valence-electron chi connectivity index (χ0n) is 14.2. The molecule has 0 saturated carbocycles. The third-order valence-corrected chi connectivity index (χ3v) is 4.93. The van der Waals surface area contributed by atoms with Crippen molar-refractivity contribution in [3.63, 3.8) is 0 Å². The second-order valence-electron chi connectivity index (χ2n) is 6.58. The highest BCUT2D eigenvalue weighted by molar-refractivity contribution is 5.52. The first-order valence-corrected chi connectivity index (χ1v) is 8.67. The molecule has 7 heteroatoms. The van der Waals surface area contributed by atoms with Crippen molar-refractivity contribution in [3.8, 4) is 17.7 Å². The molecular weight excluding hydrogens is 332 g/mol. The minimum atomic E-state index is -0.444. The number of nitro groups is 1. The molecule has 0 amide bonds. The zero-order chi connectivity index (χ0) is 17.9. The van der Waals surface area contributed by atoms with Gasteiger partial charge in [-0.05, 0) is 49.9 Å². The van der Waals surface area contributed by atoms with Gasteiger partial charge in [0, 0.05) is 18.7 Å². The minimum Gasteiger partial charge on any atom is -0.472 e. The van der Waals surface area contributed by atoms with Crippen LogP contribution >= 0.6 is 0 Å². The summed E-state index contributed by atoms with van der Waals surface area (Å²) in [4.78, 5) is 13.0. The van der Waals surface area contributed by atoms with Gasteiger partial charge in [0.05, 0.1) is 4.92 Å². The molecule has 1 aromatic heterocycles. The first-order valence-electron chi connectivity index (χ1n) is 8.67. The van der Waals surface area contributed by atoms with Crippen molar-refractivity contribution in [1.82, 2.24) is 15.1 Å². The van der Waals surface area contributed by atoms with Crippen molar-refractivity contribution in [3.05, 3.63) is 57.8 Å². The quantitative estimate of drug-likeness (QED) is 0.480. The molecule has 3 saturated heterocycles. The van der Waals surface area contributed by atoms with Crippen molar-refractivity contribution < 1.29 is 9.66 Å². The summed E-state index contributed by atoms with van der Waals surface area (Å²) in [5.74, 6) is 6.71. The number of nitro benzene ring substituents is 1. The Morgan fingerprint density at radius 2 is 1.92 bits per heavy atom. The van der Waals surface area contributed by atoms with Crippen LogP contribution in [0.4, 0.5) is 5.69 Å². The van der Waals surface area contributed by atoms with Crippen molar-refractivity contribution in [1.29, 1.82) is 0 Å². The molecule has 1 aromatic carbocycles. The number of hydrogen-bond donors (Lipinski definition) is 0. The van der Waals surface area contributed by atoms with E-state index in [2.05, 4.69) is 26.9 Å². The fraction of sp³-hybridized carbons (Fsp3) is 0.368. The van der Waals surface area contributed by atoms with E-state index in [1.54, 1.807) is 30.3 Å². The SMILES string of the molecule is O=[N+]([O-])c1ccccc1C#Cc1ccc(OC2CN3CCC2CC3)nn1. The molecule has 2 aromatic rings. The van der Waals surface area contributed by atoms with Crippen LogP contribution in [0.5, 0.6) is 5.88 Å². The zero-order valence-corrected chi connectivity index (χ0v) is 14.2. The molecule has 0 aliphatic carbocycles. The Morgan fingerprint density at radius 1 is 1.12 bits per heavy atom. The molecule has 4 heterocycles. The molecule has 0 N–H and O–H groups in total. The van der Waals surface area contributed by atoms with E-state index in [0.717, 1.165) is 19.6 Å². The number of nitrogens with zero attached hydrogens (tertiary/aromatic N) is 4. The normalized spacial score (nSPS) is 23.8. The van der Waals surface area contributed by atoms with Gasteiger partial charge in [0.2, 0.25) is 5.88 Å². The highest BCUT2D eigenvalue weighted by Gasteiger charge is 2.35. The molecule has 7 nitrogen and oxygen atoms in total. The topological polar surface area (TPSA) is 81.4 Å². The van der Waals surface area contributed by atoms with Crippen molar-refractivity contribution in [2.75, 3.05) is 19.6 Å². The standard InChI is InChI=1S/C19H18N4O3/c24-23(25)17-4-2-1-3-14(17)5-6-16-7-8-19(21-20-16)26-18-13-22-11-9-15(18)10-12-22/h1-4,7-8,15,18H,9-13H2. The van der Waals surface area contributed by atoms with Crippen LogP contribution in [0.15, 0.2) is 36.4 Å². The molecule has 132 valence electrons. The van der Waals surface area contributed by atoms with Gasteiger partial charge in [-0.1, -0.05) is 18.1 Å². The number of aromatic nitrogens is 2. The van der Waals surface area contributed by atoms with Gasteiger partial charge in [0.1, 0.15) is 17.4 Å². The smallest absolute Gasteiger partial charge is 0.284 e. The summed E-state index contributed by atoms with van der Waals surface area (Å²) in [5, 5.41) is 19.2. The molecule has 3 fully saturated rings. The van der Waals surface area contributed by atoms with Gasteiger partial charge in [-0.2, -0.15) is 0 Å². The molecule has 0 spiro atoms. The van der Waals surface area contributed by atoms with Gasteiger partial charge in [0.15, 0.2) is 0 Å². The van der Waals surface area contributed by atoms with Crippen LogP contribution < -0.4 is 4.74 Å². The molecule has 3 aliphatic rings. The molecule has 1 unspecified atom stereocenters. The summed E-state index contributed by atoms with van der Waals surface area (Å²) in [6.07, 6.45) is 2.53. The molecular formula is C19H18N4O3. The van der Waals surface area contributed by atoms with E-state index in [1.165, 1.54) is 18.9 Å². The fourth-order valence-corrected chi connectivity index (χ4v) is 3.52. The predicted octanol–water partition coefficient (Wildman–Crippen LogP) is 2.26. The third-order valence-electron chi connectivity index (χ3n) is 4.93. The average Bonchev–Trinajstić information content (AvgIpc) is 2.68. The Balaban J connectivity index is 1.45. The van der Waals surface area contributed by atoms with Gasteiger partial charge in [-0.15, -0.1) is 10.2 Å². The second kappa shape index (κ2) is 7.10. The second-order valence-corrected chi connectivity index (χ2v) is 6.58. The molecule has 3 aliphatic heterocycles. The van der Waals surface area contributed by atoms with E-state index in [9.17, 15) is 10.1 Å². The first kappa shape index (κ1) is 16.5. The lowest BCUT2D eigenvalue weighted by Gasteiger charge is -2.44. The van der Waals surface area contributed by atoms with Crippen LogP contribution in [-0.2, 0) is 0 Å². The van der Waals surface area contributed by atoms with Crippen LogP contribution in [0, 0.1) is 27.9 Å². The summed E-state index contributed by atoms with van der Waals surface area (Å²) in [6, 6.07) is 9.86. The van der Waals surface area contributed by atoms with Gasteiger partial charge in [-0.25, -0.2) is 0 Å². The lowest BCUT2D eigenvalue weighted by atomic mass is 9.86. The van der Waals surface area contributed by atoms with Crippen LogP contribution in [0.3, 0.4) is 0 Å². The summed E-state index contributed by atoms with van der Waals surface area (Å²) in [7, 11) is 0. The molecule has 5 rings (SSSR count). The Hall–Kier alpha value is -2.98. The number of hydrogen-bond acceptors (Lipinski definition) is 6. The lowest BCUT2D eigenvalue weighted by molar-refractivity contribution is -0.385. The first-order chi connectivity index (χ1) is 12.7. The van der Waals surface area contributed by atoms with E-state index < -0.39 is 4.92 Å². The maximum absolute atomic E-state index is 11.0. The average molecular weight is 350 g/mol. The molecule has 2 bridgehead atoms. The van der Waals surface area contributed by atoms with Gasteiger partial charge in [0.25, 0.3) is 5.69 Å². The monoisotopic (exact) mass is 350 g/mol. The largest absolute Gasteiger partial charge is 0.472 e. The van der Waals surface area contributed by atoms with Crippen LogP contribution in [-0.4, -0.2) is 45.8 Å². The third kappa shape index (κ3) is 3.51. The Kier molecular flexibility index (Phi) is 4.50. The maximum atomic E-state index is 11.0. The van der Waals surface area contributed by atoms with Crippen molar-refractivity contribution >= 4 is 5.69 Å². The highest BCUT2D eigenvalue weighted by atomic mass is 16.6. The summed E-state index contributed by atoms with van der Waals surface area (Å²) >= 11 is 0. The summed E-state index contributed by atoms with van der Waals surface area (Å²) < 4.78 is 6.00. The maximum Gasteiger partial charge on any atom is 0.284 e. The Labute approximate surface area is 151 Å².